The molecule has 1 aromatic carbocycles. The van der Waals surface area contributed by atoms with E-state index in [9.17, 15) is 13.2 Å². The number of rotatable bonds is 4. The molecule has 98 valence electrons. The first-order valence-corrected chi connectivity index (χ1v) is 5.02. The summed E-state index contributed by atoms with van der Waals surface area (Å²) in [6.45, 7) is -0.768. The van der Waals surface area contributed by atoms with Crippen LogP contribution in [0.2, 0.25) is 0 Å². The van der Waals surface area contributed by atoms with Gasteiger partial charge in [0.15, 0.2) is 0 Å². The number of hydrogen-bond donors (Lipinski definition) is 3. The minimum absolute atomic E-state index is 0.101. The zero-order valence-corrected chi connectivity index (χ0v) is 9.20. The van der Waals surface area contributed by atoms with Gasteiger partial charge in [-0.1, -0.05) is 0 Å². The van der Waals surface area contributed by atoms with Crippen LogP contribution in [0, 0.1) is 11.3 Å². The van der Waals surface area contributed by atoms with Crippen LogP contribution in [0.1, 0.15) is 11.1 Å². The van der Waals surface area contributed by atoms with E-state index < -0.39 is 24.5 Å². The summed E-state index contributed by atoms with van der Waals surface area (Å²) < 4.78 is 38.1. The number of benzene rings is 1. The van der Waals surface area contributed by atoms with Crippen molar-refractivity contribution in [2.24, 2.45) is 0 Å². The monoisotopic (exact) mass is 260 g/mol. The van der Waals surface area contributed by atoms with Crippen LogP contribution in [-0.4, -0.2) is 29.5 Å². The fourth-order valence-electron chi connectivity index (χ4n) is 1.29. The van der Waals surface area contributed by atoms with Crippen LogP contribution in [0.25, 0.3) is 0 Å². The number of nitriles is 1. The molecule has 1 rings (SSSR count). The van der Waals surface area contributed by atoms with Gasteiger partial charge in [0, 0.05) is 12.2 Å². The molecule has 0 fully saturated rings. The Bertz CT molecular complexity index is 455. The molecule has 0 saturated heterocycles. The highest BCUT2D eigenvalue weighted by molar-refractivity contribution is 5.56. The number of anilines is 1. The van der Waals surface area contributed by atoms with Crippen molar-refractivity contribution in [1.82, 2.24) is 0 Å². The van der Waals surface area contributed by atoms with Gasteiger partial charge in [0.05, 0.1) is 29.9 Å². The highest BCUT2D eigenvalue weighted by Gasteiger charge is 2.33. The first-order chi connectivity index (χ1) is 8.38. The molecule has 0 radical (unpaired) electrons. The minimum Gasteiger partial charge on any atom is -0.394 e. The molecule has 3 N–H and O–H groups in total. The first kappa shape index (κ1) is 14.3. The summed E-state index contributed by atoms with van der Waals surface area (Å²) >= 11 is 0. The summed E-state index contributed by atoms with van der Waals surface area (Å²) in [4.78, 5) is 0. The number of alkyl halides is 3. The largest absolute Gasteiger partial charge is 0.418 e. The van der Waals surface area contributed by atoms with Gasteiger partial charge in [0.1, 0.15) is 0 Å². The van der Waals surface area contributed by atoms with Crippen LogP contribution in [0.15, 0.2) is 18.2 Å². The van der Waals surface area contributed by atoms with Gasteiger partial charge in [-0.25, -0.2) is 0 Å². The van der Waals surface area contributed by atoms with Gasteiger partial charge in [-0.2, -0.15) is 18.4 Å². The SMILES string of the molecule is N#Cc1ccc(NCC(O)CO)c(C(F)(F)F)c1. The van der Waals surface area contributed by atoms with Crippen molar-refractivity contribution in [2.45, 2.75) is 12.3 Å². The molecule has 1 unspecified atom stereocenters. The lowest BCUT2D eigenvalue weighted by molar-refractivity contribution is -0.137. The number of halogens is 3. The van der Waals surface area contributed by atoms with E-state index in [-0.39, 0.29) is 17.8 Å². The smallest absolute Gasteiger partial charge is 0.394 e. The zero-order valence-electron chi connectivity index (χ0n) is 9.20. The molecule has 0 aliphatic rings. The first-order valence-electron chi connectivity index (χ1n) is 5.02. The third-order valence-electron chi connectivity index (χ3n) is 2.19. The molecule has 0 heterocycles. The summed E-state index contributed by atoms with van der Waals surface area (Å²) in [5.41, 5.74) is -1.32. The number of hydrogen-bond acceptors (Lipinski definition) is 4. The Hall–Kier alpha value is -1.78. The highest BCUT2D eigenvalue weighted by atomic mass is 19.4. The summed E-state index contributed by atoms with van der Waals surface area (Å²) in [7, 11) is 0. The average Bonchev–Trinajstić information content (AvgIpc) is 2.34. The van der Waals surface area contributed by atoms with E-state index in [2.05, 4.69) is 5.32 Å². The van der Waals surface area contributed by atoms with Crippen LogP contribution < -0.4 is 5.32 Å². The number of nitrogens with zero attached hydrogens (tertiary/aromatic N) is 1. The molecule has 0 saturated carbocycles. The van der Waals surface area contributed by atoms with Crippen molar-refractivity contribution in [1.29, 1.82) is 5.26 Å². The van der Waals surface area contributed by atoms with E-state index in [4.69, 9.17) is 15.5 Å². The number of aliphatic hydroxyl groups excluding tert-OH is 2. The van der Waals surface area contributed by atoms with Gasteiger partial charge < -0.3 is 15.5 Å². The highest BCUT2D eigenvalue weighted by Crippen LogP contribution is 2.35. The summed E-state index contributed by atoms with van der Waals surface area (Å²) in [5, 5.41) is 28.6. The normalized spacial score (nSPS) is 12.9. The molecule has 0 bridgehead atoms. The molecule has 0 aromatic heterocycles. The predicted octanol–water partition coefficient (Wildman–Crippen LogP) is 1.34. The molecule has 0 spiro atoms. The van der Waals surface area contributed by atoms with Gasteiger partial charge in [0.25, 0.3) is 0 Å². The maximum Gasteiger partial charge on any atom is 0.418 e. The Morgan fingerprint density at radius 2 is 2.06 bits per heavy atom. The van der Waals surface area contributed by atoms with E-state index in [1.54, 1.807) is 6.07 Å². The second-order valence-electron chi connectivity index (χ2n) is 3.59. The van der Waals surface area contributed by atoms with Crippen molar-refractivity contribution in [2.75, 3.05) is 18.5 Å². The Morgan fingerprint density at radius 1 is 1.39 bits per heavy atom. The molecule has 0 aliphatic heterocycles. The maximum atomic E-state index is 12.7. The lowest BCUT2D eigenvalue weighted by Gasteiger charge is -2.16. The average molecular weight is 260 g/mol. The molecule has 1 atom stereocenters. The van der Waals surface area contributed by atoms with E-state index in [1.807, 2.05) is 0 Å². The molecule has 1 aromatic rings. The number of aliphatic hydroxyl groups is 2. The van der Waals surface area contributed by atoms with Gasteiger partial charge in [-0.3, -0.25) is 0 Å². The third-order valence-corrected chi connectivity index (χ3v) is 2.19. The molecule has 0 amide bonds. The molecule has 18 heavy (non-hydrogen) atoms. The van der Waals surface area contributed by atoms with E-state index in [1.165, 1.54) is 6.07 Å². The van der Waals surface area contributed by atoms with Gasteiger partial charge in [0.2, 0.25) is 0 Å². The van der Waals surface area contributed by atoms with Gasteiger partial charge in [-0.05, 0) is 18.2 Å². The molecule has 4 nitrogen and oxygen atoms in total. The lowest BCUT2D eigenvalue weighted by atomic mass is 10.1. The third kappa shape index (κ3) is 3.61. The van der Waals surface area contributed by atoms with E-state index in [0.717, 1.165) is 12.1 Å². The summed E-state index contributed by atoms with van der Waals surface area (Å²) in [6.07, 6.45) is -5.75. The fourth-order valence-corrected chi connectivity index (χ4v) is 1.29. The second-order valence-corrected chi connectivity index (χ2v) is 3.59. The van der Waals surface area contributed by atoms with Gasteiger partial charge in [-0.15, -0.1) is 0 Å². The van der Waals surface area contributed by atoms with Gasteiger partial charge >= 0.3 is 6.18 Å². The van der Waals surface area contributed by atoms with E-state index >= 15 is 0 Å². The van der Waals surface area contributed by atoms with Crippen molar-refractivity contribution >= 4 is 5.69 Å². The van der Waals surface area contributed by atoms with Crippen LogP contribution >= 0.6 is 0 Å². The van der Waals surface area contributed by atoms with Crippen molar-refractivity contribution in [3.05, 3.63) is 29.3 Å². The Labute approximate surface area is 101 Å². The van der Waals surface area contributed by atoms with E-state index in [0.29, 0.717) is 0 Å². The van der Waals surface area contributed by atoms with Crippen LogP contribution in [0.5, 0.6) is 0 Å². The topological polar surface area (TPSA) is 76.3 Å². The van der Waals surface area contributed by atoms with Crippen molar-refractivity contribution < 1.29 is 23.4 Å². The van der Waals surface area contributed by atoms with Crippen LogP contribution in [0.4, 0.5) is 18.9 Å². The molecule has 0 aliphatic carbocycles. The Balaban J connectivity index is 3.01. The Kier molecular flexibility index (Phi) is 4.53. The Morgan fingerprint density at radius 3 is 2.56 bits per heavy atom. The predicted molar refractivity (Wildman–Crippen MR) is 57.7 cm³/mol. The standard InChI is InChI=1S/C11H11F3N2O2/c12-11(13,14)9-3-7(4-15)1-2-10(9)16-5-8(18)6-17/h1-3,8,16-18H,5-6H2. The molecular formula is C11H11F3N2O2. The molecule has 7 heteroatoms. The molecular weight excluding hydrogens is 249 g/mol. The second kappa shape index (κ2) is 5.71. The summed E-state index contributed by atoms with van der Waals surface area (Å²) in [5.74, 6) is 0. The minimum atomic E-state index is -4.60. The quantitative estimate of drug-likeness (QED) is 0.763. The van der Waals surface area contributed by atoms with Crippen molar-refractivity contribution in [3.8, 4) is 6.07 Å². The fraction of sp³-hybridized carbons (Fsp3) is 0.364. The van der Waals surface area contributed by atoms with Crippen LogP contribution in [-0.2, 0) is 6.18 Å². The summed E-state index contributed by atoms with van der Waals surface area (Å²) in [6, 6.07) is 4.71. The van der Waals surface area contributed by atoms with Crippen molar-refractivity contribution in [3.63, 3.8) is 0 Å². The van der Waals surface area contributed by atoms with Crippen LogP contribution in [0.3, 0.4) is 0 Å². The number of nitrogens with one attached hydrogen (secondary N) is 1. The zero-order chi connectivity index (χ0) is 13.8. The lowest BCUT2D eigenvalue weighted by Crippen LogP contribution is -2.24. The maximum absolute atomic E-state index is 12.7.